The molecule has 2 aromatic rings. The number of fused-ring (bicyclic) bond motifs is 1. The number of ether oxygens (including phenoxy) is 1. The lowest BCUT2D eigenvalue weighted by molar-refractivity contribution is 0.213. The van der Waals surface area contributed by atoms with E-state index in [1.54, 1.807) is 0 Å². The number of alkyl halides is 1. The molecule has 110 valence electrons. The molecule has 0 aromatic heterocycles. The normalized spacial score (nSPS) is 18.1. The molecule has 0 spiro atoms. The van der Waals surface area contributed by atoms with E-state index in [1.165, 1.54) is 22.3 Å². The van der Waals surface area contributed by atoms with E-state index in [9.17, 15) is 0 Å². The lowest BCUT2D eigenvalue weighted by Gasteiger charge is -2.19. The lowest BCUT2D eigenvalue weighted by atomic mass is 9.92. The van der Waals surface area contributed by atoms with Crippen molar-refractivity contribution in [1.29, 1.82) is 0 Å². The van der Waals surface area contributed by atoms with Gasteiger partial charge in [-0.25, -0.2) is 0 Å². The third-order valence-electron chi connectivity index (χ3n) is 4.20. The minimum atomic E-state index is 0.296. The van der Waals surface area contributed by atoms with Gasteiger partial charge in [0.1, 0.15) is 11.9 Å². The minimum Gasteiger partial charge on any atom is -0.490 e. The summed E-state index contributed by atoms with van der Waals surface area (Å²) in [5.41, 5.74) is 5.40. The van der Waals surface area contributed by atoms with Crippen LogP contribution in [0.15, 0.2) is 42.5 Å². The van der Waals surface area contributed by atoms with E-state index in [1.807, 2.05) is 0 Å². The monoisotopic (exact) mass is 344 g/mol. The third-order valence-corrected chi connectivity index (χ3v) is 4.99. The zero-order valence-electron chi connectivity index (χ0n) is 12.6. The Hall–Kier alpha value is -1.28. The summed E-state index contributed by atoms with van der Waals surface area (Å²) in [4.78, 5) is 0. The number of aryl methyl sites for hydroxylation is 2. The summed E-state index contributed by atoms with van der Waals surface area (Å²) in [6, 6.07) is 15.3. The van der Waals surface area contributed by atoms with Crippen molar-refractivity contribution < 1.29 is 4.74 Å². The van der Waals surface area contributed by atoms with E-state index in [0.717, 1.165) is 23.9 Å². The van der Waals surface area contributed by atoms with Crippen LogP contribution in [-0.4, -0.2) is 11.4 Å². The van der Waals surface area contributed by atoms with Gasteiger partial charge in [0.2, 0.25) is 0 Å². The van der Waals surface area contributed by atoms with Crippen LogP contribution in [0.4, 0.5) is 0 Å². The number of hydrogen-bond donors (Lipinski definition) is 0. The van der Waals surface area contributed by atoms with Crippen molar-refractivity contribution in [3.63, 3.8) is 0 Å². The topological polar surface area (TPSA) is 9.23 Å². The summed E-state index contributed by atoms with van der Waals surface area (Å²) >= 11 is 3.68. The number of halogens is 1. The van der Waals surface area contributed by atoms with Gasteiger partial charge in [-0.3, -0.25) is 0 Å². The zero-order chi connectivity index (χ0) is 14.8. The average Bonchev–Trinajstić information content (AvgIpc) is 2.86. The number of benzene rings is 2. The summed E-state index contributed by atoms with van der Waals surface area (Å²) in [6.07, 6.45) is 2.39. The average molecular weight is 345 g/mol. The van der Waals surface area contributed by atoms with Crippen LogP contribution >= 0.6 is 15.9 Å². The third kappa shape index (κ3) is 3.32. The molecule has 0 amide bonds. The molecule has 0 bridgehead atoms. The molecule has 0 saturated carbocycles. The van der Waals surface area contributed by atoms with E-state index < -0.39 is 0 Å². The highest BCUT2D eigenvalue weighted by Gasteiger charge is 2.26. The van der Waals surface area contributed by atoms with Crippen molar-refractivity contribution in [2.24, 2.45) is 0 Å². The molecule has 0 saturated heterocycles. The summed E-state index contributed by atoms with van der Waals surface area (Å²) in [7, 11) is 0. The van der Waals surface area contributed by atoms with Gasteiger partial charge in [-0.2, -0.15) is 0 Å². The SMILES string of the molecule is Cc1cccc(C(CBr)CC2Cc3cc(C)ccc3O2)c1. The van der Waals surface area contributed by atoms with Gasteiger partial charge >= 0.3 is 0 Å². The molecule has 0 radical (unpaired) electrons. The first-order valence-corrected chi connectivity index (χ1v) is 8.66. The van der Waals surface area contributed by atoms with Crippen LogP contribution < -0.4 is 4.74 Å². The van der Waals surface area contributed by atoms with Crippen LogP contribution in [0.5, 0.6) is 5.75 Å². The molecule has 2 atom stereocenters. The van der Waals surface area contributed by atoms with E-state index in [4.69, 9.17) is 4.74 Å². The Balaban J connectivity index is 1.72. The second kappa shape index (κ2) is 6.23. The molecule has 0 N–H and O–H groups in total. The van der Waals surface area contributed by atoms with Gasteiger partial charge < -0.3 is 4.74 Å². The van der Waals surface area contributed by atoms with Gasteiger partial charge in [0.05, 0.1) is 0 Å². The van der Waals surface area contributed by atoms with Gasteiger partial charge in [0.15, 0.2) is 0 Å². The molecule has 2 heteroatoms. The summed E-state index contributed by atoms with van der Waals surface area (Å²) in [5.74, 6) is 1.58. The van der Waals surface area contributed by atoms with Crippen molar-refractivity contribution in [3.8, 4) is 5.75 Å². The van der Waals surface area contributed by atoms with Gasteiger partial charge in [-0.15, -0.1) is 0 Å². The molecule has 1 aliphatic rings. The highest BCUT2D eigenvalue weighted by atomic mass is 79.9. The molecule has 1 nitrogen and oxygen atoms in total. The predicted molar refractivity (Wildman–Crippen MR) is 91.6 cm³/mol. The smallest absolute Gasteiger partial charge is 0.123 e. The van der Waals surface area contributed by atoms with Crippen molar-refractivity contribution in [3.05, 3.63) is 64.7 Å². The maximum atomic E-state index is 6.13. The molecular formula is C19H21BrO. The zero-order valence-corrected chi connectivity index (χ0v) is 14.2. The predicted octanol–water partition coefficient (Wildman–Crippen LogP) is 5.18. The van der Waals surface area contributed by atoms with Gasteiger partial charge in [-0.1, -0.05) is 63.5 Å². The standard InChI is InChI=1S/C19H21BrO/c1-13-4-3-5-15(8-13)17(12-20)11-18-10-16-9-14(2)6-7-19(16)21-18/h3-9,17-18H,10-12H2,1-2H3. The molecular weight excluding hydrogens is 324 g/mol. The molecule has 1 aliphatic heterocycles. The largest absolute Gasteiger partial charge is 0.490 e. The summed E-state index contributed by atoms with van der Waals surface area (Å²) in [6.45, 7) is 4.29. The molecule has 2 unspecified atom stereocenters. The highest BCUT2D eigenvalue weighted by Crippen LogP contribution is 2.34. The fraction of sp³-hybridized carbons (Fsp3) is 0.368. The highest BCUT2D eigenvalue weighted by molar-refractivity contribution is 9.09. The van der Waals surface area contributed by atoms with Gasteiger partial charge in [0.25, 0.3) is 0 Å². The molecule has 0 fully saturated rings. The van der Waals surface area contributed by atoms with Crippen LogP contribution in [-0.2, 0) is 6.42 Å². The van der Waals surface area contributed by atoms with Crippen molar-refractivity contribution in [2.75, 3.05) is 5.33 Å². The fourth-order valence-electron chi connectivity index (χ4n) is 3.11. The van der Waals surface area contributed by atoms with Crippen LogP contribution in [0.2, 0.25) is 0 Å². The van der Waals surface area contributed by atoms with E-state index in [2.05, 4.69) is 72.2 Å². The summed E-state index contributed by atoms with van der Waals surface area (Å²) < 4.78 is 6.13. The van der Waals surface area contributed by atoms with E-state index in [0.29, 0.717) is 12.0 Å². The summed E-state index contributed by atoms with van der Waals surface area (Å²) in [5, 5.41) is 0.978. The van der Waals surface area contributed by atoms with Crippen LogP contribution in [0, 0.1) is 13.8 Å². The maximum absolute atomic E-state index is 6.13. The van der Waals surface area contributed by atoms with Crippen LogP contribution in [0.25, 0.3) is 0 Å². The Bertz CT molecular complexity index is 635. The Morgan fingerprint density at radius 1 is 1.14 bits per heavy atom. The first-order chi connectivity index (χ1) is 10.2. The Morgan fingerprint density at radius 2 is 1.95 bits per heavy atom. The first-order valence-electron chi connectivity index (χ1n) is 7.54. The quantitative estimate of drug-likeness (QED) is 0.694. The lowest BCUT2D eigenvalue weighted by Crippen LogP contribution is -2.18. The van der Waals surface area contributed by atoms with Crippen molar-refractivity contribution in [2.45, 2.75) is 38.7 Å². The van der Waals surface area contributed by atoms with Gasteiger partial charge in [-0.05, 0) is 43.4 Å². The maximum Gasteiger partial charge on any atom is 0.123 e. The van der Waals surface area contributed by atoms with Crippen LogP contribution in [0.3, 0.4) is 0 Å². The van der Waals surface area contributed by atoms with Crippen molar-refractivity contribution >= 4 is 15.9 Å². The molecule has 3 rings (SSSR count). The minimum absolute atomic E-state index is 0.296. The fourth-order valence-corrected chi connectivity index (χ4v) is 3.75. The second-order valence-electron chi connectivity index (χ2n) is 6.06. The van der Waals surface area contributed by atoms with Gasteiger partial charge in [0, 0.05) is 11.8 Å². The first kappa shape index (κ1) is 14.6. The van der Waals surface area contributed by atoms with Crippen molar-refractivity contribution in [1.82, 2.24) is 0 Å². The number of rotatable bonds is 4. The van der Waals surface area contributed by atoms with E-state index in [-0.39, 0.29) is 0 Å². The Morgan fingerprint density at radius 3 is 2.71 bits per heavy atom. The molecule has 21 heavy (non-hydrogen) atoms. The Labute approximate surface area is 135 Å². The second-order valence-corrected chi connectivity index (χ2v) is 6.70. The van der Waals surface area contributed by atoms with E-state index >= 15 is 0 Å². The Kier molecular flexibility index (Phi) is 4.34. The molecule has 2 aromatic carbocycles. The molecule has 1 heterocycles. The van der Waals surface area contributed by atoms with Crippen LogP contribution in [0.1, 0.15) is 34.6 Å². The molecule has 0 aliphatic carbocycles. The number of hydrogen-bond acceptors (Lipinski definition) is 1.